The maximum atomic E-state index is 12.3. The second-order valence-corrected chi connectivity index (χ2v) is 13.3. The molecular formula is C43H50N4O2. The Labute approximate surface area is 290 Å². The normalized spacial score (nSPS) is 12.2. The summed E-state index contributed by atoms with van der Waals surface area (Å²) in [5.74, 6) is -0.347. The molecular weight excluding hydrogens is 604 g/mol. The van der Waals surface area contributed by atoms with E-state index in [-0.39, 0.29) is 5.97 Å². The number of nitrogens with zero attached hydrogens (tertiary/aromatic N) is 2. The molecule has 0 atom stereocenters. The van der Waals surface area contributed by atoms with Crippen molar-refractivity contribution < 1.29 is 9.53 Å². The van der Waals surface area contributed by atoms with Gasteiger partial charge in [-0.2, -0.15) is 0 Å². The van der Waals surface area contributed by atoms with E-state index in [1.54, 1.807) is 0 Å². The first-order valence-corrected chi connectivity index (χ1v) is 18.4. The molecule has 2 N–H and O–H groups in total. The Morgan fingerprint density at radius 1 is 0.551 bits per heavy atom. The van der Waals surface area contributed by atoms with Crippen LogP contribution in [-0.2, 0) is 24.0 Å². The van der Waals surface area contributed by atoms with Gasteiger partial charge in [0.2, 0.25) is 0 Å². The van der Waals surface area contributed by atoms with Crippen LogP contribution in [0.25, 0.3) is 57.5 Å². The summed E-state index contributed by atoms with van der Waals surface area (Å²) in [6, 6.07) is 16.5. The van der Waals surface area contributed by atoms with Crippen LogP contribution < -0.4 is 0 Å². The number of aryl methyl sites for hydroxylation is 3. The molecule has 0 fully saturated rings. The molecule has 0 saturated heterocycles. The van der Waals surface area contributed by atoms with Gasteiger partial charge < -0.3 is 14.7 Å². The number of aromatic nitrogens is 4. The number of H-pyrrole nitrogens is 2. The van der Waals surface area contributed by atoms with E-state index in [4.69, 9.17) is 14.7 Å². The SMILES string of the molecule is CCCCCc1c2nc(c(CCCCC)c3ccc([nH]3)c(-c3ccc(C(=O)OC)cc3)c3nc(c(CCCCC)c4ccc1[nH]4)C=C3)C=C2. The monoisotopic (exact) mass is 654 g/mol. The van der Waals surface area contributed by atoms with Crippen LogP contribution in [0, 0.1) is 0 Å². The summed E-state index contributed by atoms with van der Waals surface area (Å²) in [4.78, 5) is 30.6. The zero-order valence-corrected chi connectivity index (χ0v) is 29.6. The molecule has 1 aromatic carbocycles. The first kappa shape index (κ1) is 34.2. The number of ether oxygens (including phenoxy) is 1. The fourth-order valence-electron chi connectivity index (χ4n) is 7.02. The Balaban J connectivity index is 1.68. The van der Waals surface area contributed by atoms with Gasteiger partial charge in [-0.15, -0.1) is 0 Å². The quantitative estimate of drug-likeness (QED) is 0.0904. The number of methoxy groups -OCH3 is 1. The number of carbonyl (C=O) groups excluding carboxylic acids is 1. The number of nitrogens with one attached hydrogen (secondary N) is 2. The smallest absolute Gasteiger partial charge is 0.337 e. The van der Waals surface area contributed by atoms with E-state index in [0.29, 0.717) is 5.56 Å². The van der Waals surface area contributed by atoms with Crippen LogP contribution in [0.3, 0.4) is 0 Å². The van der Waals surface area contributed by atoms with E-state index in [9.17, 15) is 4.79 Å². The summed E-state index contributed by atoms with van der Waals surface area (Å²) in [7, 11) is 1.41. The number of hydrogen-bond donors (Lipinski definition) is 2. The lowest BCUT2D eigenvalue weighted by Gasteiger charge is -2.07. The van der Waals surface area contributed by atoms with Crippen molar-refractivity contribution in [2.45, 2.75) is 97.8 Å². The van der Waals surface area contributed by atoms with Crippen LogP contribution >= 0.6 is 0 Å². The lowest BCUT2D eigenvalue weighted by atomic mass is 10.0. The molecule has 0 spiro atoms. The maximum absolute atomic E-state index is 12.3. The van der Waals surface area contributed by atoms with Crippen molar-refractivity contribution in [1.29, 1.82) is 0 Å². The molecule has 254 valence electrons. The standard InChI is InChI=1S/C43H50N4O2/c1-5-8-11-14-31-34-21-23-36(44-34)32(15-12-9-6-2)38-25-27-40(46-38)42(29-17-19-30(20-18-29)43(48)49-4)41-28-26-39(47-41)33(16-13-10-7-3)37-24-22-35(31)45-37/h17-28,44,47H,5-16H2,1-4H3. The van der Waals surface area contributed by atoms with Gasteiger partial charge in [0, 0.05) is 44.3 Å². The third-order valence-corrected chi connectivity index (χ3v) is 9.77. The molecule has 3 aromatic heterocycles. The predicted molar refractivity (Wildman–Crippen MR) is 205 cm³/mol. The van der Waals surface area contributed by atoms with E-state index in [0.717, 1.165) is 107 Å². The van der Waals surface area contributed by atoms with Crippen molar-refractivity contribution in [2.24, 2.45) is 0 Å². The number of fused-ring (bicyclic) bond motifs is 8. The Hall–Kier alpha value is -4.71. The van der Waals surface area contributed by atoms with Crippen LogP contribution in [-0.4, -0.2) is 33.0 Å². The van der Waals surface area contributed by atoms with Crippen LogP contribution in [0.1, 0.15) is 128 Å². The molecule has 8 bridgehead atoms. The average Bonchev–Trinajstić information content (AvgIpc) is 3.96. The molecule has 6 rings (SSSR count). The van der Waals surface area contributed by atoms with Crippen molar-refractivity contribution in [2.75, 3.05) is 7.11 Å². The number of aromatic amines is 2. The minimum absolute atomic E-state index is 0.347. The molecule has 0 aliphatic carbocycles. The van der Waals surface area contributed by atoms with E-state index < -0.39 is 0 Å². The van der Waals surface area contributed by atoms with Gasteiger partial charge in [-0.05, 0) is 105 Å². The van der Waals surface area contributed by atoms with Crippen LogP contribution in [0.2, 0.25) is 0 Å². The van der Waals surface area contributed by atoms with Gasteiger partial charge in [-0.1, -0.05) is 71.4 Å². The Morgan fingerprint density at radius 2 is 0.959 bits per heavy atom. The molecule has 0 amide bonds. The first-order valence-electron chi connectivity index (χ1n) is 18.4. The molecule has 2 aliphatic heterocycles. The topological polar surface area (TPSA) is 83.7 Å². The fourth-order valence-corrected chi connectivity index (χ4v) is 7.02. The lowest BCUT2D eigenvalue weighted by molar-refractivity contribution is 0.0600. The predicted octanol–water partition coefficient (Wildman–Crippen LogP) is 11.3. The van der Waals surface area contributed by atoms with Crippen molar-refractivity contribution in [3.8, 4) is 11.1 Å². The highest BCUT2D eigenvalue weighted by Crippen LogP contribution is 2.33. The van der Waals surface area contributed by atoms with Gasteiger partial charge in [0.1, 0.15) is 0 Å². The van der Waals surface area contributed by atoms with E-state index in [2.05, 4.69) is 79.3 Å². The number of benzene rings is 1. The first-order chi connectivity index (χ1) is 24.0. The summed E-state index contributed by atoms with van der Waals surface area (Å²) in [5, 5.41) is 0. The Morgan fingerprint density at radius 3 is 1.41 bits per heavy atom. The molecule has 5 heterocycles. The van der Waals surface area contributed by atoms with Gasteiger partial charge in [0.05, 0.1) is 35.4 Å². The summed E-state index contributed by atoms with van der Waals surface area (Å²) in [5.41, 5.74) is 14.6. The number of hydrogen-bond acceptors (Lipinski definition) is 4. The van der Waals surface area contributed by atoms with Gasteiger partial charge in [-0.3, -0.25) is 0 Å². The Bertz CT molecular complexity index is 2000. The average molecular weight is 655 g/mol. The second-order valence-electron chi connectivity index (χ2n) is 13.3. The van der Waals surface area contributed by atoms with Gasteiger partial charge in [0.25, 0.3) is 0 Å². The summed E-state index contributed by atoms with van der Waals surface area (Å²) < 4.78 is 4.98. The molecule has 6 nitrogen and oxygen atoms in total. The minimum Gasteiger partial charge on any atom is -0.465 e. The number of rotatable bonds is 14. The number of unbranched alkanes of at least 4 members (excludes halogenated alkanes) is 6. The molecule has 0 unspecified atom stereocenters. The molecule has 49 heavy (non-hydrogen) atoms. The maximum Gasteiger partial charge on any atom is 0.337 e. The summed E-state index contributed by atoms with van der Waals surface area (Å²) in [6.45, 7) is 6.76. The molecule has 6 heteroatoms. The summed E-state index contributed by atoms with van der Waals surface area (Å²) in [6.07, 6.45) is 22.0. The van der Waals surface area contributed by atoms with Crippen LogP contribution in [0.15, 0.2) is 48.5 Å². The van der Waals surface area contributed by atoms with Crippen LogP contribution in [0.5, 0.6) is 0 Å². The van der Waals surface area contributed by atoms with Gasteiger partial charge >= 0.3 is 5.97 Å². The Kier molecular flexibility index (Phi) is 11.2. The van der Waals surface area contributed by atoms with Crippen molar-refractivity contribution in [1.82, 2.24) is 19.9 Å². The van der Waals surface area contributed by atoms with Crippen molar-refractivity contribution in [3.63, 3.8) is 0 Å². The van der Waals surface area contributed by atoms with E-state index >= 15 is 0 Å². The lowest BCUT2D eigenvalue weighted by Crippen LogP contribution is -2.00. The molecule has 0 saturated carbocycles. The van der Waals surface area contributed by atoms with Crippen LogP contribution in [0.4, 0.5) is 0 Å². The third kappa shape index (κ3) is 7.64. The molecule has 2 aliphatic rings. The van der Waals surface area contributed by atoms with Crippen molar-refractivity contribution >= 4 is 52.3 Å². The highest BCUT2D eigenvalue weighted by atomic mass is 16.5. The fraction of sp³-hybridized carbons (Fsp3) is 0.372. The van der Waals surface area contributed by atoms with Gasteiger partial charge in [0.15, 0.2) is 0 Å². The van der Waals surface area contributed by atoms with Gasteiger partial charge in [-0.25, -0.2) is 14.8 Å². The zero-order chi connectivity index (χ0) is 34.2. The largest absolute Gasteiger partial charge is 0.465 e. The second kappa shape index (κ2) is 16.1. The van der Waals surface area contributed by atoms with E-state index in [1.165, 1.54) is 49.5 Å². The zero-order valence-electron chi connectivity index (χ0n) is 29.6. The number of esters is 1. The summed E-state index contributed by atoms with van der Waals surface area (Å²) >= 11 is 0. The highest BCUT2D eigenvalue weighted by molar-refractivity contribution is 5.94. The highest BCUT2D eigenvalue weighted by Gasteiger charge is 2.17. The minimum atomic E-state index is -0.347. The molecule has 4 aromatic rings. The molecule has 0 radical (unpaired) electrons. The third-order valence-electron chi connectivity index (χ3n) is 9.77. The van der Waals surface area contributed by atoms with Crippen molar-refractivity contribution in [3.05, 3.63) is 93.6 Å². The van der Waals surface area contributed by atoms with E-state index in [1.807, 2.05) is 24.3 Å². The number of carbonyl (C=O) groups is 1.